The monoisotopic (exact) mass is 527 g/mol. The summed E-state index contributed by atoms with van der Waals surface area (Å²) in [5.41, 5.74) is -0.761. The SMILES string of the molecule is CNC(=O)[C@H]1[C@@H]2OC3(CC2Br)C(C(=O)Nc2ccccc2Cl)N([C@@H](CO)C(C)C)C(=O)[C@H]13. The molecule has 3 aliphatic rings. The van der Waals surface area contributed by atoms with Crippen molar-refractivity contribution in [1.29, 1.82) is 0 Å². The molecular weight excluding hydrogens is 502 g/mol. The zero-order valence-electron chi connectivity index (χ0n) is 18.0. The van der Waals surface area contributed by atoms with Crippen molar-refractivity contribution in [3.63, 3.8) is 0 Å². The van der Waals surface area contributed by atoms with E-state index in [1.54, 1.807) is 24.3 Å². The van der Waals surface area contributed by atoms with Gasteiger partial charge in [-0.15, -0.1) is 0 Å². The van der Waals surface area contributed by atoms with Gasteiger partial charge in [-0.3, -0.25) is 14.4 Å². The van der Waals surface area contributed by atoms with Gasteiger partial charge in [0.2, 0.25) is 17.7 Å². The molecule has 2 bridgehead atoms. The van der Waals surface area contributed by atoms with Crippen LogP contribution in [0.15, 0.2) is 24.3 Å². The molecule has 3 saturated heterocycles. The summed E-state index contributed by atoms with van der Waals surface area (Å²) < 4.78 is 6.36. The van der Waals surface area contributed by atoms with Crippen molar-refractivity contribution in [2.24, 2.45) is 17.8 Å². The standard InChI is InChI=1S/C22H27BrClN3O5/c1-10(2)14(9-28)27-18(20(30)26-13-7-5-4-6-12(13)24)22-8-11(23)17(32-22)15(19(29)25-3)16(22)21(27)31/h4-7,10-11,14-18,28H,8-9H2,1-3H3,(H,25,29)(H,26,30)/t11?,14-,15+,16-,17+,18?,22?/m0/s1. The van der Waals surface area contributed by atoms with Crippen LogP contribution in [0.5, 0.6) is 0 Å². The number of aliphatic hydroxyl groups excluding tert-OH is 1. The maximum atomic E-state index is 13.8. The van der Waals surface area contributed by atoms with E-state index in [4.69, 9.17) is 16.3 Å². The first-order valence-electron chi connectivity index (χ1n) is 10.7. The lowest BCUT2D eigenvalue weighted by Gasteiger charge is -2.38. The van der Waals surface area contributed by atoms with E-state index in [0.29, 0.717) is 17.1 Å². The van der Waals surface area contributed by atoms with E-state index in [0.717, 1.165) is 0 Å². The third kappa shape index (κ3) is 3.36. The molecule has 4 rings (SSSR count). The number of ether oxygens (including phenoxy) is 1. The summed E-state index contributed by atoms with van der Waals surface area (Å²) in [6, 6.07) is 5.22. The third-order valence-electron chi connectivity index (χ3n) is 6.97. The second-order valence-electron chi connectivity index (χ2n) is 8.99. The Kier molecular flexibility index (Phi) is 6.30. The average molecular weight is 529 g/mol. The Hall–Kier alpha value is -1.68. The van der Waals surface area contributed by atoms with Crippen molar-refractivity contribution in [1.82, 2.24) is 10.2 Å². The van der Waals surface area contributed by atoms with E-state index >= 15 is 0 Å². The minimum absolute atomic E-state index is 0.120. The summed E-state index contributed by atoms with van der Waals surface area (Å²) in [7, 11) is 1.52. The number of amides is 3. The highest BCUT2D eigenvalue weighted by Crippen LogP contribution is 2.60. The fourth-order valence-corrected chi connectivity index (χ4v) is 6.70. The lowest BCUT2D eigenvalue weighted by molar-refractivity contribution is -0.145. The molecule has 0 aliphatic carbocycles. The lowest BCUT2D eigenvalue weighted by Crippen LogP contribution is -2.57. The van der Waals surface area contributed by atoms with Gasteiger partial charge in [0, 0.05) is 11.9 Å². The van der Waals surface area contributed by atoms with E-state index < -0.39 is 41.5 Å². The fourth-order valence-electron chi connectivity index (χ4n) is 5.57. The van der Waals surface area contributed by atoms with Gasteiger partial charge in [0.15, 0.2) is 0 Å². The molecule has 3 heterocycles. The molecule has 8 nitrogen and oxygen atoms in total. The number of aliphatic hydroxyl groups is 1. The van der Waals surface area contributed by atoms with Crippen LogP contribution in [0.4, 0.5) is 5.69 Å². The highest BCUT2D eigenvalue weighted by Gasteiger charge is 2.77. The number of rotatable bonds is 6. The first-order valence-corrected chi connectivity index (χ1v) is 12.0. The van der Waals surface area contributed by atoms with Crippen molar-refractivity contribution in [3.8, 4) is 0 Å². The minimum atomic E-state index is -1.18. The smallest absolute Gasteiger partial charge is 0.250 e. The van der Waals surface area contributed by atoms with E-state index in [9.17, 15) is 19.5 Å². The molecule has 0 aromatic heterocycles. The second kappa shape index (κ2) is 8.59. The number of anilines is 1. The fraction of sp³-hybridized carbons (Fsp3) is 0.591. The number of alkyl halides is 1. The summed E-state index contributed by atoms with van der Waals surface area (Å²) in [5, 5.41) is 16.0. The molecule has 174 valence electrons. The minimum Gasteiger partial charge on any atom is -0.394 e. The number of hydrogen-bond acceptors (Lipinski definition) is 5. The molecule has 3 aliphatic heterocycles. The van der Waals surface area contributed by atoms with Crippen LogP contribution in [-0.2, 0) is 19.1 Å². The van der Waals surface area contributed by atoms with Crippen LogP contribution < -0.4 is 10.6 Å². The van der Waals surface area contributed by atoms with Gasteiger partial charge < -0.3 is 25.4 Å². The number of hydrogen-bond donors (Lipinski definition) is 3. The van der Waals surface area contributed by atoms with Crippen molar-refractivity contribution < 1.29 is 24.2 Å². The highest BCUT2D eigenvalue weighted by molar-refractivity contribution is 9.09. The molecule has 0 saturated carbocycles. The van der Waals surface area contributed by atoms with Gasteiger partial charge in [-0.1, -0.05) is 53.5 Å². The normalized spacial score (nSPS) is 34.0. The van der Waals surface area contributed by atoms with Gasteiger partial charge in [0.1, 0.15) is 11.6 Å². The quantitative estimate of drug-likeness (QED) is 0.488. The van der Waals surface area contributed by atoms with E-state index in [2.05, 4.69) is 26.6 Å². The van der Waals surface area contributed by atoms with Gasteiger partial charge in [-0.05, 0) is 24.5 Å². The number of nitrogens with zero attached hydrogens (tertiary/aromatic N) is 1. The Morgan fingerprint density at radius 2 is 2.03 bits per heavy atom. The zero-order valence-corrected chi connectivity index (χ0v) is 20.4. The molecule has 3 N–H and O–H groups in total. The van der Waals surface area contributed by atoms with E-state index in [1.165, 1.54) is 11.9 Å². The topological polar surface area (TPSA) is 108 Å². The predicted molar refractivity (Wildman–Crippen MR) is 122 cm³/mol. The predicted octanol–water partition coefficient (Wildman–Crippen LogP) is 1.79. The molecule has 10 heteroatoms. The molecule has 3 amide bonds. The number of carbonyl (C=O) groups is 3. The van der Waals surface area contributed by atoms with Crippen LogP contribution >= 0.6 is 27.5 Å². The lowest BCUT2D eigenvalue weighted by atomic mass is 9.70. The molecule has 32 heavy (non-hydrogen) atoms. The third-order valence-corrected chi connectivity index (χ3v) is 8.14. The molecule has 1 aromatic rings. The maximum Gasteiger partial charge on any atom is 0.250 e. The highest BCUT2D eigenvalue weighted by atomic mass is 79.9. The van der Waals surface area contributed by atoms with Gasteiger partial charge in [-0.2, -0.15) is 0 Å². The van der Waals surface area contributed by atoms with Crippen LogP contribution in [0.25, 0.3) is 0 Å². The zero-order chi connectivity index (χ0) is 23.4. The van der Waals surface area contributed by atoms with Crippen LogP contribution in [-0.4, -0.2) is 70.0 Å². The van der Waals surface area contributed by atoms with Crippen molar-refractivity contribution in [2.75, 3.05) is 19.0 Å². The van der Waals surface area contributed by atoms with Crippen molar-refractivity contribution >= 4 is 50.9 Å². The number of carbonyl (C=O) groups excluding carboxylic acids is 3. The largest absolute Gasteiger partial charge is 0.394 e. The Balaban J connectivity index is 1.80. The van der Waals surface area contributed by atoms with E-state index in [1.807, 2.05) is 13.8 Å². The molecule has 7 atom stereocenters. The van der Waals surface area contributed by atoms with Gasteiger partial charge in [-0.25, -0.2) is 0 Å². The molecular formula is C22H27BrClN3O5. The summed E-state index contributed by atoms with van der Waals surface area (Å²) >= 11 is 9.85. The second-order valence-corrected chi connectivity index (χ2v) is 10.6. The Labute approximate surface area is 200 Å². The average Bonchev–Trinajstić information content (AvgIpc) is 3.33. The number of benzene rings is 1. The maximum absolute atomic E-state index is 13.8. The Morgan fingerprint density at radius 1 is 1.34 bits per heavy atom. The summed E-state index contributed by atoms with van der Waals surface area (Å²) in [4.78, 5) is 41.5. The number of para-hydroxylation sites is 1. The molecule has 0 radical (unpaired) electrons. The number of likely N-dealkylation sites (tertiary alicyclic amines) is 1. The first kappa shape index (κ1) is 23.5. The summed E-state index contributed by atoms with van der Waals surface area (Å²) in [5.74, 6) is -2.74. The van der Waals surface area contributed by atoms with Crippen LogP contribution in [0.3, 0.4) is 0 Å². The first-order chi connectivity index (χ1) is 15.2. The van der Waals surface area contributed by atoms with Crippen LogP contribution in [0.1, 0.15) is 20.3 Å². The van der Waals surface area contributed by atoms with E-state index in [-0.39, 0.29) is 29.2 Å². The molecule has 3 unspecified atom stereocenters. The number of nitrogens with one attached hydrogen (secondary N) is 2. The van der Waals surface area contributed by atoms with Crippen LogP contribution in [0.2, 0.25) is 5.02 Å². The molecule has 3 fully saturated rings. The van der Waals surface area contributed by atoms with Crippen molar-refractivity contribution in [2.45, 2.75) is 48.9 Å². The number of fused-ring (bicyclic) bond motifs is 1. The molecule has 1 aromatic carbocycles. The van der Waals surface area contributed by atoms with Crippen molar-refractivity contribution in [3.05, 3.63) is 29.3 Å². The number of halogens is 2. The summed E-state index contributed by atoms with van der Waals surface area (Å²) in [6.07, 6.45) is -0.122. The Bertz CT molecular complexity index is 946. The Morgan fingerprint density at radius 3 is 2.62 bits per heavy atom. The van der Waals surface area contributed by atoms with Gasteiger partial charge in [0.25, 0.3) is 0 Å². The molecule has 1 spiro atoms. The van der Waals surface area contributed by atoms with Crippen LogP contribution in [0, 0.1) is 17.8 Å². The van der Waals surface area contributed by atoms with Gasteiger partial charge in [0.05, 0.1) is 41.3 Å². The van der Waals surface area contributed by atoms with Gasteiger partial charge >= 0.3 is 0 Å². The summed E-state index contributed by atoms with van der Waals surface area (Å²) in [6.45, 7) is 3.45.